The molecular formula is C8H7FN4O. The number of nitrogens with zero attached hydrogens (tertiary/aromatic N) is 4. The smallest absolute Gasteiger partial charge is 0.200 e. The molecule has 0 atom stereocenters. The molecular weight excluding hydrogens is 187 g/mol. The largest absolute Gasteiger partial charge is 0.388 e. The van der Waals surface area contributed by atoms with E-state index in [1.807, 2.05) is 0 Å². The van der Waals surface area contributed by atoms with E-state index >= 15 is 0 Å². The van der Waals surface area contributed by atoms with Crippen LogP contribution in [0.2, 0.25) is 0 Å². The molecule has 2 aromatic rings. The van der Waals surface area contributed by atoms with Gasteiger partial charge in [-0.3, -0.25) is 0 Å². The molecule has 6 heteroatoms. The van der Waals surface area contributed by atoms with E-state index in [0.717, 1.165) is 0 Å². The normalized spacial score (nSPS) is 10.4. The minimum atomic E-state index is -0.323. The van der Waals surface area contributed by atoms with Crippen LogP contribution in [0.3, 0.4) is 0 Å². The van der Waals surface area contributed by atoms with Gasteiger partial charge in [-0.2, -0.15) is 0 Å². The SMILES string of the molecule is OCc1nnn(-c2ccc(F)cc2)n1. The van der Waals surface area contributed by atoms with Crippen LogP contribution in [0, 0.1) is 5.82 Å². The maximum absolute atomic E-state index is 12.6. The Morgan fingerprint density at radius 3 is 2.57 bits per heavy atom. The molecule has 0 aliphatic heterocycles. The minimum Gasteiger partial charge on any atom is -0.388 e. The lowest BCUT2D eigenvalue weighted by atomic mass is 10.3. The third kappa shape index (κ3) is 1.60. The highest BCUT2D eigenvalue weighted by atomic mass is 19.1. The van der Waals surface area contributed by atoms with Gasteiger partial charge in [-0.1, -0.05) is 0 Å². The number of aliphatic hydroxyl groups excluding tert-OH is 1. The molecule has 0 saturated carbocycles. The fourth-order valence-corrected chi connectivity index (χ4v) is 0.990. The van der Waals surface area contributed by atoms with Crippen LogP contribution in [0.5, 0.6) is 0 Å². The molecule has 0 unspecified atom stereocenters. The highest BCUT2D eigenvalue weighted by molar-refractivity contribution is 5.28. The quantitative estimate of drug-likeness (QED) is 0.746. The molecule has 1 aromatic heterocycles. The van der Waals surface area contributed by atoms with E-state index in [4.69, 9.17) is 5.11 Å². The molecule has 1 N–H and O–H groups in total. The van der Waals surface area contributed by atoms with Crippen LogP contribution in [0.15, 0.2) is 24.3 Å². The molecule has 0 aliphatic carbocycles. The van der Waals surface area contributed by atoms with Crippen LogP contribution in [0.4, 0.5) is 4.39 Å². The summed E-state index contributed by atoms with van der Waals surface area (Å²) in [7, 11) is 0. The van der Waals surface area contributed by atoms with Gasteiger partial charge in [0.15, 0.2) is 0 Å². The van der Waals surface area contributed by atoms with Crippen LogP contribution >= 0.6 is 0 Å². The summed E-state index contributed by atoms with van der Waals surface area (Å²) < 4.78 is 12.6. The zero-order chi connectivity index (χ0) is 9.97. The van der Waals surface area contributed by atoms with E-state index in [1.54, 1.807) is 0 Å². The van der Waals surface area contributed by atoms with Crippen LogP contribution in [0.25, 0.3) is 5.69 Å². The molecule has 0 amide bonds. The standard InChI is InChI=1S/C8H7FN4O/c9-6-1-3-7(4-2-6)13-11-8(5-14)10-12-13/h1-4,14H,5H2. The van der Waals surface area contributed by atoms with Crippen LogP contribution in [-0.2, 0) is 6.61 Å². The van der Waals surface area contributed by atoms with Crippen LogP contribution in [0.1, 0.15) is 5.82 Å². The van der Waals surface area contributed by atoms with Gasteiger partial charge in [0.2, 0.25) is 5.82 Å². The van der Waals surface area contributed by atoms with E-state index in [-0.39, 0.29) is 18.2 Å². The van der Waals surface area contributed by atoms with Crippen LogP contribution in [-0.4, -0.2) is 25.3 Å². The monoisotopic (exact) mass is 194 g/mol. The van der Waals surface area contributed by atoms with Crippen molar-refractivity contribution in [1.82, 2.24) is 20.2 Å². The lowest BCUT2D eigenvalue weighted by Crippen LogP contribution is -1.99. The minimum absolute atomic E-state index is 0.231. The number of tetrazole rings is 1. The Balaban J connectivity index is 2.34. The van der Waals surface area contributed by atoms with E-state index < -0.39 is 0 Å². The molecule has 0 fully saturated rings. The van der Waals surface area contributed by atoms with Crippen molar-refractivity contribution in [2.45, 2.75) is 6.61 Å². The van der Waals surface area contributed by atoms with Gasteiger partial charge in [0.1, 0.15) is 12.4 Å². The molecule has 72 valence electrons. The van der Waals surface area contributed by atoms with Gasteiger partial charge in [0.25, 0.3) is 0 Å². The number of aliphatic hydroxyl groups is 1. The fourth-order valence-electron chi connectivity index (χ4n) is 0.990. The van der Waals surface area contributed by atoms with Crippen molar-refractivity contribution in [3.63, 3.8) is 0 Å². The van der Waals surface area contributed by atoms with Gasteiger partial charge < -0.3 is 5.11 Å². The van der Waals surface area contributed by atoms with Gasteiger partial charge in [-0.25, -0.2) is 4.39 Å². The number of halogens is 1. The summed E-state index contributed by atoms with van der Waals surface area (Å²) in [5, 5.41) is 19.8. The van der Waals surface area contributed by atoms with Gasteiger partial charge >= 0.3 is 0 Å². The molecule has 2 rings (SSSR count). The van der Waals surface area contributed by atoms with Crippen molar-refractivity contribution in [1.29, 1.82) is 0 Å². The molecule has 1 heterocycles. The lowest BCUT2D eigenvalue weighted by Gasteiger charge is -1.96. The summed E-state index contributed by atoms with van der Waals surface area (Å²) in [6, 6.07) is 5.66. The van der Waals surface area contributed by atoms with Gasteiger partial charge in [-0.15, -0.1) is 15.0 Å². The van der Waals surface area contributed by atoms with E-state index in [0.29, 0.717) is 5.69 Å². The molecule has 0 radical (unpaired) electrons. The van der Waals surface area contributed by atoms with Crippen molar-refractivity contribution in [2.24, 2.45) is 0 Å². The van der Waals surface area contributed by atoms with E-state index in [2.05, 4.69) is 15.4 Å². The summed E-state index contributed by atoms with van der Waals surface area (Å²) in [5.41, 5.74) is 0.596. The zero-order valence-corrected chi connectivity index (χ0v) is 7.13. The second-order valence-corrected chi connectivity index (χ2v) is 2.63. The Morgan fingerprint density at radius 1 is 1.29 bits per heavy atom. The third-order valence-corrected chi connectivity index (χ3v) is 1.65. The van der Waals surface area contributed by atoms with Gasteiger partial charge in [0.05, 0.1) is 5.69 Å². The van der Waals surface area contributed by atoms with E-state index in [9.17, 15) is 4.39 Å². The maximum Gasteiger partial charge on any atom is 0.200 e. The van der Waals surface area contributed by atoms with Crippen molar-refractivity contribution in [3.05, 3.63) is 35.9 Å². The molecule has 5 nitrogen and oxygen atoms in total. The number of hydrogen-bond donors (Lipinski definition) is 1. The van der Waals surface area contributed by atoms with Crippen molar-refractivity contribution >= 4 is 0 Å². The summed E-state index contributed by atoms with van der Waals surface area (Å²) in [6.07, 6.45) is 0. The predicted molar refractivity (Wildman–Crippen MR) is 45.0 cm³/mol. The maximum atomic E-state index is 12.6. The Hall–Kier alpha value is -1.82. The molecule has 0 saturated heterocycles. The average Bonchev–Trinajstić information content (AvgIpc) is 2.67. The third-order valence-electron chi connectivity index (χ3n) is 1.65. The molecule has 0 bridgehead atoms. The van der Waals surface area contributed by atoms with Crippen LogP contribution < -0.4 is 0 Å². The number of hydrogen-bond acceptors (Lipinski definition) is 4. The fraction of sp³-hybridized carbons (Fsp3) is 0.125. The Bertz CT molecular complexity index is 425. The molecule has 0 aliphatic rings. The second-order valence-electron chi connectivity index (χ2n) is 2.63. The first-order valence-electron chi connectivity index (χ1n) is 3.95. The lowest BCUT2D eigenvalue weighted by molar-refractivity contribution is 0.271. The Labute approximate surface area is 78.8 Å². The first-order chi connectivity index (χ1) is 6.79. The highest BCUT2D eigenvalue weighted by Crippen LogP contribution is 2.05. The highest BCUT2D eigenvalue weighted by Gasteiger charge is 2.02. The molecule has 0 spiro atoms. The van der Waals surface area contributed by atoms with Crippen molar-refractivity contribution in [3.8, 4) is 5.69 Å². The topological polar surface area (TPSA) is 63.8 Å². The molecule has 14 heavy (non-hydrogen) atoms. The van der Waals surface area contributed by atoms with Gasteiger partial charge in [-0.05, 0) is 29.5 Å². The summed E-state index contributed by atoms with van der Waals surface area (Å²) in [4.78, 5) is 1.23. The summed E-state index contributed by atoms with van der Waals surface area (Å²) >= 11 is 0. The number of benzene rings is 1. The predicted octanol–water partition coefficient (Wildman–Crippen LogP) is 0.294. The average molecular weight is 194 g/mol. The summed E-state index contributed by atoms with van der Waals surface area (Å²) in [5.74, 6) is -0.0921. The van der Waals surface area contributed by atoms with E-state index in [1.165, 1.54) is 29.1 Å². The first kappa shape index (κ1) is 8.76. The zero-order valence-electron chi connectivity index (χ0n) is 7.13. The van der Waals surface area contributed by atoms with Gasteiger partial charge in [0, 0.05) is 0 Å². The molecule has 1 aromatic carbocycles. The number of rotatable bonds is 2. The van der Waals surface area contributed by atoms with Crippen molar-refractivity contribution in [2.75, 3.05) is 0 Å². The Morgan fingerprint density at radius 2 is 2.00 bits per heavy atom. The summed E-state index contributed by atoms with van der Waals surface area (Å²) in [6.45, 7) is -0.263. The Kier molecular flexibility index (Phi) is 2.19. The second kappa shape index (κ2) is 3.51. The van der Waals surface area contributed by atoms with Crippen molar-refractivity contribution < 1.29 is 9.50 Å². The number of aromatic nitrogens is 4. The first-order valence-corrected chi connectivity index (χ1v) is 3.95.